The van der Waals surface area contributed by atoms with Crippen molar-refractivity contribution in [1.29, 1.82) is 0 Å². The molecule has 5 nitrogen and oxygen atoms in total. The van der Waals surface area contributed by atoms with Gasteiger partial charge >= 0.3 is 0 Å². The van der Waals surface area contributed by atoms with Crippen molar-refractivity contribution in [3.05, 3.63) is 42.4 Å². The van der Waals surface area contributed by atoms with E-state index < -0.39 is 0 Å². The number of unbranched alkanes of at least 4 members (excludes halogenated alkanes) is 1. The molecule has 0 unspecified atom stereocenters. The highest BCUT2D eigenvalue weighted by atomic mass is 16.5. The van der Waals surface area contributed by atoms with Crippen molar-refractivity contribution < 1.29 is 4.52 Å². The highest BCUT2D eigenvalue weighted by Crippen LogP contribution is 2.23. The van der Waals surface area contributed by atoms with Crippen LogP contribution >= 0.6 is 0 Å². The Morgan fingerprint density at radius 1 is 1.29 bits per heavy atom. The number of fused-ring (bicyclic) bond motifs is 1. The number of hydrogen-bond acceptors (Lipinski definition) is 5. The summed E-state index contributed by atoms with van der Waals surface area (Å²) in [4.78, 5) is 8.72. The van der Waals surface area contributed by atoms with Crippen LogP contribution in [0.2, 0.25) is 0 Å². The number of rotatable bonds is 5. The zero-order valence-corrected chi connectivity index (χ0v) is 12.0. The zero-order valence-electron chi connectivity index (χ0n) is 12.0. The van der Waals surface area contributed by atoms with Gasteiger partial charge in [0.25, 0.3) is 0 Å². The molecule has 2 N–H and O–H groups in total. The molecule has 0 spiro atoms. The molecule has 3 rings (SSSR count). The molecule has 0 aliphatic heterocycles. The van der Waals surface area contributed by atoms with Crippen LogP contribution in [0.25, 0.3) is 22.3 Å². The molecular formula is C16H18N4O. The fourth-order valence-electron chi connectivity index (χ4n) is 2.27. The largest absolute Gasteiger partial charge is 0.337 e. The fourth-order valence-corrected chi connectivity index (χ4v) is 2.27. The summed E-state index contributed by atoms with van der Waals surface area (Å²) in [6.07, 6.45) is 4.80. The minimum absolute atomic E-state index is 0.187. The first kappa shape index (κ1) is 13.7. The summed E-state index contributed by atoms with van der Waals surface area (Å²) in [5.74, 6) is 1.08. The Morgan fingerprint density at radius 2 is 2.19 bits per heavy atom. The molecule has 2 heterocycles. The quantitative estimate of drug-likeness (QED) is 0.775. The van der Waals surface area contributed by atoms with Crippen LogP contribution in [-0.2, 0) is 0 Å². The lowest BCUT2D eigenvalue weighted by Crippen LogP contribution is -2.10. The molecule has 0 aliphatic rings. The van der Waals surface area contributed by atoms with Crippen molar-refractivity contribution in [2.24, 2.45) is 5.73 Å². The highest BCUT2D eigenvalue weighted by molar-refractivity contribution is 5.82. The van der Waals surface area contributed by atoms with Crippen LogP contribution < -0.4 is 5.73 Å². The van der Waals surface area contributed by atoms with Gasteiger partial charge in [0.15, 0.2) is 0 Å². The maximum atomic E-state index is 6.06. The Labute approximate surface area is 123 Å². The monoisotopic (exact) mass is 282 g/mol. The summed E-state index contributed by atoms with van der Waals surface area (Å²) >= 11 is 0. The third-order valence-corrected chi connectivity index (χ3v) is 3.49. The summed E-state index contributed by atoms with van der Waals surface area (Å²) in [5, 5.41) is 5.09. The van der Waals surface area contributed by atoms with Crippen molar-refractivity contribution in [2.75, 3.05) is 0 Å². The van der Waals surface area contributed by atoms with E-state index in [1.807, 2.05) is 30.3 Å². The minimum atomic E-state index is -0.187. The van der Waals surface area contributed by atoms with Crippen LogP contribution in [0.1, 0.15) is 38.1 Å². The standard InChI is InChI=1S/C16H18N4O/c1-2-3-6-13(17)16-19-15(20-21-16)12-7-8-14-11(10-12)5-4-9-18-14/h4-5,7-10,13H,2-3,6,17H2,1H3/t13-/m0/s1. The van der Waals surface area contributed by atoms with Crippen LogP contribution in [0.4, 0.5) is 0 Å². The smallest absolute Gasteiger partial charge is 0.243 e. The SMILES string of the molecule is CCCC[C@H](N)c1nc(-c2ccc3ncccc3c2)no1. The fraction of sp³-hybridized carbons (Fsp3) is 0.312. The first-order chi connectivity index (χ1) is 10.3. The lowest BCUT2D eigenvalue weighted by molar-refractivity contribution is 0.346. The summed E-state index contributed by atoms with van der Waals surface area (Å²) < 4.78 is 5.29. The second-order valence-electron chi connectivity index (χ2n) is 5.12. The lowest BCUT2D eigenvalue weighted by atomic mass is 10.1. The lowest BCUT2D eigenvalue weighted by Gasteiger charge is -2.03. The van der Waals surface area contributed by atoms with Gasteiger partial charge in [-0.2, -0.15) is 4.98 Å². The first-order valence-electron chi connectivity index (χ1n) is 7.22. The Kier molecular flexibility index (Phi) is 3.92. The normalized spacial score (nSPS) is 12.7. The number of aromatic nitrogens is 3. The molecule has 21 heavy (non-hydrogen) atoms. The molecule has 0 bridgehead atoms. The second-order valence-corrected chi connectivity index (χ2v) is 5.12. The van der Waals surface area contributed by atoms with Gasteiger partial charge in [0.1, 0.15) is 0 Å². The number of nitrogens with two attached hydrogens (primary N) is 1. The van der Waals surface area contributed by atoms with E-state index in [1.54, 1.807) is 6.20 Å². The van der Waals surface area contributed by atoms with E-state index in [0.29, 0.717) is 11.7 Å². The van der Waals surface area contributed by atoms with Gasteiger partial charge < -0.3 is 10.3 Å². The van der Waals surface area contributed by atoms with Crippen LogP contribution in [0.15, 0.2) is 41.1 Å². The van der Waals surface area contributed by atoms with Gasteiger partial charge in [0.2, 0.25) is 11.7 Å². The topological polar surface area (TPSA) is 77.8 Å². The van der Waals surface area contributed by atoms with Crippen LogP contribution in [0, 0.1) is 0 Å². The summed E-state index contributed by atoms with van der Waals surface area (Å²) in [6.45, 7) is 2.13. The molecule has 0 saturated carbocycles. The van der Waals surface area contributed by atoms with Crippen molar-refractivity contribution in [2.45, 2.75) is 32.2 Å². The van der Waals surface area contributed by atoms with Crippen molar-refractivity contribution in [3.63, 3.8) is 0 Å². The van der Waals surface area contributed by atoms with E-state index in [2.05, 4.69) is 22.0 Å². The van der Waals surface area contributed by atoms with Crippen molar-refractivity contribution >= 4 is 10.9 Å². The molecular weight excluding hydrogens is 264 g/mol. The van der Waals surface area contributed by atoms with E-state index in [1.165, 1.54) is 0 Å². The third-order valence-electron chi connectivity index (χ3n) is 3.49. The molecule has 1 atom stereocenters. The number of hydrogen-bond donors (Lipinski definition) is 1. The Morgan fingerprint density at radius 3 is 3.05 bits per heavy atom. The summed E-state index contributed by atoms with van der Waals surface area (Å²) in [5.41, 5.74) is 7.92. The van der Waals surface area contributed by atoms with E-state index in [-0.39, 0.29) is 6.04 Å². The zero-order chi connectivity index (χ0) is 14.7. The molecule has 0 fully saturated rings. The number of benzene rings is 1. The van der Waals surface area contributed by atoms with Crippen LogP contribution in [0.3, 0.4) is 0 Å². The molecule has 0 radical (unpaired) electrons. The molecule has 5 heteroatoms. The highest BCUT2D eigenvalue weighted by Gasteiger charge is 2.15. The average molecular weight is 282 g/mol. The summed E-state index contributed by atoms with van der Waals surface area (Å²) in [7, 11) is 0. The van der Waals surface area contributed by atoms with E-state index in [4.69, 9.17) is 10.3 Å². The van der Waals surface area contributed by atoms with Gasteiger partial charge in [-0.25, -0.2) is 0 Å². The number of nitrogens with zero attached hydrogens (tertiary/aromatic N) is 3. The third kappa shape index (κ3) is 2.92. The van der Waals surface area contributed by atoms with E-state index >= 15 is 0 Å². The summed E-state index contributed by atoms with van der Waals surface area (Å²) in [6, 6.07) is 9.65. The maximum Gasteiger partial charge on any atom is 0.243 e. The average Bonchev–Trinajstić information content (AvgIpc) is 3.02. The van der Waals surface area contributed by atoms with Crippen molar-refractivity contribution in [3.8, 4) is 11.4 Å². The minimum Gasteiger partial charge on any atom is -0.337 e. The van der Waals surface area contributed by atoms with Crippen LogP contribution in [-0.4, -0.2) is 15.1 Å². The number of pyridine rings is 1. The Hall–Kier alpha value is -2.27. The predicted octanol–water partition coefficient (Wildman–Crippen LogP) is 3.47. The van der Waals surface area contributed by atoms with Gasteiger partial charge in [0, 0.05) is 17.1 Å². The predicted molar refractivity (Wildman–Crippen MR) is 81.5 cm³/mol. The maximum absolute atomic E-state index is 6.06. The molecule has 0 saturated heterocycles. The Balaban J connectivity index is 1.87. The molecule has 0 aliphatic carbocycles. The van der Waals surface area contributed by atoms with Gasteiger partial charge in [-0.3, -0.25) is 4.98 Å². The van der Waals surface area contributed by atoms with Gasteiger partial charge in [-0.1, -0.05) is 31.0 Å². The first-order valence-corrected chi connectivity index (χ1v) is 7.22. The van der Waals surface area contributed by atoms with Gasteiger partial charge in [-0.15, -0.1) is 0 Å². The molecule has 0 amide bonds. The van der Waals surface area contributed by atoms with Crippen LogP contribution in [0.5, 0.6) is 0 Å². The second kappa shape index (κ2) is 6.01. The molecule has 2 aromatic heterocycles. The Bertz CT molecular complexity index is 738. The van der Waals surface area contributed by atoms with Gasteiger partial charge in [-0.05, 0) is 30.7 Å². The molecule has 108 valence electrons. The van der Waals surface area contributed by atoms with E-state index in [0.717, 1.165) is 35.7 Å². The molecule has 1 aromatic carbocycles. The molecule has 3 aromatic rings. The van der Waals surface area contributed by atoms with Gasteiger partial charge in [0.05, 0.1) is 11.6 Å². The van der Waals surface area contributed by atoms with Crippen molar-refractivity contribution in [1.82, 2.24) is 15.1 Å². The van der Waals surface area contributed by atoms with E-state index in [9.17, 15) is 0 Å².